The highest BCUT2D eigenvalue weighted by molar-refractivity contribution is 8.16. The van der Waals surface area contributed by atoms with E-state index in [0.717, 1.165) is 22.0 Å². The number of esters is 1. The number of rotatable bonds is 7. The van der Waals surface area contributed by atoms with Gasteiger partial charge in [0.2, 0.25) is 5.91 Å². The molecule has 0 saturated carbocycles. The van der Waals surface area contributed by atoms with Gasteiger partial charge in [-0.2, -0.15) is 11.3 Å². The fourth-order valence-electron chi connectivity index (χ4n) is 3.68. The first kappa shape index (κ1) is 22.4. The number of hydrogen-bond acceptors (Lipinski definition) is 7. The fourth-order valence-corrected chi connectivity index (χ4v) is 5.32. The van der Waals surface area contributed by atoms with Crippen LogP contribution in [0.15, 0.2) is 74.5 Å². The van der Waals surface area contributed by atoms with Crippen molar-refractivity contribution < 1.29 is 14.3 Å². The normalized spacial score (nSPS) is 17.8. The van der Waals surface area contributed by atoms with E-state index >= 15 is 0 Å². The van der Waals surface area contributed by atoms with Gasteiger partial charge in [-0.15, -0.1) is 0 Å². The summed E-state index contributed by atoms with van der Waals surface area (Å²) in [5, 5.41) is 9.71. The summed E-state index contributed by atoms with van der Waals surface area (Å²) in [6.45, 7) is 5.98. The molecule has 32 heavy (non-hydrogen) atoms. The Bertz CT molecular complexity index is 1090. The van der Waals surface area contributed by atoms with Crippen LogP contribution in [0, 0.1) is 0 Å². The zero-order valence-corrected chi connectivity index (χ0v) is 19.8. The first-order chi connectivity index (χ1) is 15.4. The Kier molecular flexibility index (Phi) is 6.81. The number of nitrogens with zero attached hydrogens (tertiary/aromatic N) is 2. The summed E-state index contributed by atoms with van der Waals surface area (Å²) in [6, 6.07) is 11.4. The minimum absolute atomic E-state index is 0.0800. The lowest BCUT2D eigenvalue weighted by Gasteiger charge is -2.36. The molecule has 1 atom stereocenters. The Balaban J connectivity index is 1.57. The van der Waals surface area contributed by atoms with Gasteiger partial charge in [0.1, 0.15) is 0 Å². The SMILES string of the molecule is CC1=C(C(=O)OC(C)C)[C@@H](c2ccsc2)N2C(CC(=O)NCc3ccccc3)=CSC2=N1. The molecule has 2 aromatic rings. The van der Waals surface area contributed by atoms with Crippen LogP contribution in [-0.4, -0.2) is 28.0 Å². The monoisotopic (exact) mass is 467 g/mol. The van der Waals surface area contributed by atoms with Crippen LogP contribution < -0.4 is 5.32 Å². The third-order valence-corrected chi connectivity index (χ3v) is 6.69. The van der Waals surface area contributed by atoms with E-state index in [2.05, 4.69) is 10.3 Å². The molecule has 2 aliphatic heterocycles. The van der Waals surface area contributed by atoms with Crippen LogP contribution in [0.1, 0.15) is 44.4 Å². The zero-order chi connectivity index (χ0) is 22.7. The average molecular weight is 468 g/mol. The molecule has 0 unspecified atom stereocenters. The van der Waals surface area contributed by atoms with Gasteiger partial charge in [0.15, 0.2) is 5.17 Å². The Hall–Kier alpha value is -2.84. The lowest BCUT2D eigenvalue weighted by Crippen LogP contribution is -2.38. The third-order valence-electron chi connectivity index (χ3n) is 5.10. The molecule has 1 amide bonds. The molecule has 0 aliphatic carbocycles. The van der Waals surface area contributed by atoms with E-state index in [9.17, 15) is 9.59 Å². The van der Waals surface area contributed by atoms with Gasteiger partial charge in [-0.05, 0) is 54.1 Å². The molecular weight excluding hydrogens is 442 g/mol. The van der Waals surface area contributed by atoms with Crippen LogP contribution in [0.4, 0.5) is 0 Å². The second-order valence-corrected chi connectivity index (χ2v) is 9.46. The van der Waals surface area contributed by atoms with Gasteiger partial charge in [0.25, 0.3) is 0 Å². The van der Waals surface area contributed by atoms with Crippen molar-refractivity contribution in [1.82, 2.24) is 10.2 Å². The first-order valence-electron chi connectivity index (χ1n) is 10.4. The number of carbonyl (C=O) groups is 2. The molecular formula is C24H25N3O3S2. The van der Waals surface area contributed by atoms with Crippen LogP contribution in [0.2, 0.25) is 0 Å². The third kappa shape index (κ3) is 4.81. The first-order valence-corrected chi connectivity index (χ1v) is 12.2. The maximum absolute atomic E-state index is 13.0. The summed E-state index contributed by atoms with van der Waals surface area (Å²) >= 11 is 3.04. The van der Waals surface area contributed by atoms with Gasteiger partial charge >= 0.3 is 5.97 Å². The largest absolute Gasteiger partial charge is 0.459 e. The number of aliphatic imine (C=N–C) groups is 1. The van der Waals surface area contributed by atoms with E-state index < -0.39 is 0 Å². The van der Waals surface area contributed by atoms with Crippen molar-refractivity contribution >= 4 is 40.1 Å². The second-order valence-electron chi connectivity index (χ2n) is 7.84. The topological polar surface area (TPSA) is 71.0 Å². The number of benzene rings is 1. The molecule has 0 fully saturated rings. The smallest absolute Gasteiger partial charge is 0.338 e. The summed E-state index contributed by atoms with van der Waals surface area (Å²) in [4.78, 5) is 32.4. The Morgan fingerprint density at radius 3 is 2.69 bits per heavy atom. The Morgan fingerprint density at radius 1 is 1.22 bits per heavy atom. The molecule has 0 spiro atoms. The maximum atomic E-state index is 13.0. The molecule has 0 radical (unpaired) electrons. The summed E-state index contributed by atoms with van der Waals surface area (Å²) in [6.07, 6.45) is -0.0339. The molecule has 0 saturated heterocycles. The Labute approximate surface area is 196 Å². The van der Waals surface area contributed by atoms with Crippen LogP contribution in [0.3, 0.4) is 0 Å². The van der Waals surface area contributed by atoms with E-state index in [1.54, 1.807) is 11.3 Å². The van der Waals surface area contributed by atoms with Gasteiger partial charge < -0.3 is 15.0 Å². The summed E-state index contributed by atoms with van der Waals surface area (Å²) < 4.78 is 5.55. The predicted octanol–water partition coefficient (Wildman–Crippen LogP) is 4.98. The molecule has 166 valence electrons. The van der Waals surface area contributed by atoms with Crippen molar-refractivity contribution in [2.24, 2.45) is 4.99 Å². The minimum atomic E-state index is -0.374. The lowest BCUT2D eigenvalue weighted by atomic mass is 9.96. The average Bonchev–Trinajstić information content (AvgIpc) is 3.42. The molecule has 8 heteroatoms. The highest BCUT2D eigenvalue weighted by Crippen LogP contribution is 2.45. The lowest BCUT2D eigenvalue weighted by molar-refractivity contribution is -0.143. The molecule has 0 bridgehead atoms. The van der Waals surface area contributed by atoms with E-state index in [0.29, 0.717) is 17.8 Å². The highest BCUT2D eigenvalue weighted by atomic mass is 32.2. The highest BCUT2D eigenvalue weighted by Gasteiger charge is 2.41. The number of amidine groups is 1. The second kappa shape index (κ2) is 9.75. The van der Waals surface area contributed by atoms with Crippen LogP contribution in [0.25, 0.3) is 0 Å². The number of thioether (sulfide) groups is 1. The zero-order valence-electron chi connectivity index (χ0n) is 18.2. The van der Waals surface area contributed by atoms with Crippen molar-refractivity contribution in [3.8, 4) is 0 Å². The van der Waals surface area contributed by atoms with Crippen LogP contribution in [-0.2, 0) is 20.9 Å². The summed E-state index contributed by atoms with van der Waals surface area (Å²) in [7, 11) is 0. The summed E-state index contributed by atoms with van der Waals surface area (Å²) in [5.74, 6) is -0.454. The standard InChI is InChI=1S/C24H25N3O3S2/c1-15(2)30-23(29)21-16(3)26-24-27(22(21)18-9-10-31-13-18)19(14-32-24)11-20(28)25-12-17-7-5-4-6-8-17/h4-10,13-15,22H,11-12H2,1-3H3,(H,25,28)/t22-/m1/s1. The molecule has 2 aliphatic rings. The number of fused-ring (bicyclic) bond motifs is 1. The molecule has 6 nitrogen and oxygen atoms in total. The quantitative estimate of drug-likeness (QED) is 0.582. The van der Waals surface area contributed by atoms with Gasteiger partial charge in [-0.25, -0.2) is 9.79 Å². The fraction of sp³-hybridized carbons (Fsp3) is 0.292. The van der Waals surface area contributed by atoms with Gasteiger partial charge in [0.05, 0.1) is 29.8 Å². The molecule has 1 aromatic carbocycles. The van der Waals surface area contributed by atoms with E-state index in [-0.39, 0.29) is 30.4 Å². The van der Waals surface area contributed by atoms with Crippen LogP contribution in [0.5, 0.6) is 0 Å². The molecule has 1 aromatic heterocycles. The van der Waals surface area contributed by atoms with Crippen LogP contribution >= 0.6 is 23.1 Å². The number of allylic oxidation sites excluding steroid dienone is 1. The number of nitrogens with one attached hydrogen (secondary N) is 1. The van der Waals surface area contributed by atoms with Crippen molar-refractivity contribution in [2.75, 3.05) is 0 Å². The van der Waals surface area contributed by atoms with Gasteiger partial charge in [0, 0.05) is 12.2 Å². The molecule has 3 heterocycles. The number of thiophene rings is 1. The van der Waals surface area contributed by atoms with Gasteiger partial charge in [-0.3, -0.25) is 4.79 Å². The predicted molar refractivity (Wildman–Crippen MR) is 129 cm³/mol. The van der Waals surface area contributed by atoms with Crippen molar-refractivity contribution in [1.29, 1.82) is 0 Å². The van der Waals surface area contributed by atoms with Gasteiger partial charge in [-0.1, -0.05) is 42.1 Å². The van der Waals surface area contributed by atoms with E-state index in [4.69, 9.17) is 4.74 Å². The van der Waals surface area contributed by atoms with Crippen molar-refractivity contribution in [2.45, 2.75) is 45.9 Å². The molecule has 1 N–H and O–H groups in total. The number of amides is 1. The number of carbonyl (C=O) groups excluding carboxylic acids is 2. The van der Waals surface area contributed by atoms with E-state index in [1.165, 1.54) is 11.8 Å². The number of ether oxygens (including phenoxy) is 1. The number of hydrogen-bond donors (Lipinski definition) is 1. The minimum Gasteiger partial charge on any atom is -0.459 e. The molecule has 4 rings (SSSR count). The van der Waals surface area contributed by atoms with E-state index in [1.807, 2.05) is 78.2 Å². The Morgan fingerprint density at radius 2 is 2.00 bits per heavy atom. The summed E-state index contributed by atoms with van der Waals surface area (Å²) in [5.41, 5.74) is 4.01. The maximum Gasteiger partial charge on any atom is 0.338 e. The van der Waals surface area contributed by atoms with Crippen molar-refractivity contribution in [3.05, 3.63) is 80.7 Å². The van der Waals surface area contributed by atoms with Crippen molar-refractivity contribution in [3.63, 3.8) is 0 Å².